The van der Waals surface area contributed by atoms with Gasteiger partial charge in [-0.1, -0.05) is 33.1 Å². The minimum absolute atomic E-state index is 0.0782. The van der Waals surface area contributed by atoms with Crippen LogP contribution in [0.5, 0.6) is 0 Å². The van der Waals surface area contributed by atoms with Gasteiger partial charge in [-0.2, -0.15) is 0 Å². The van der Waals surface area contributed by atoms with E-state index >= 15 is 0 Å². The number of urea groups is 1. The first-order chi connectivity index (χ1) is 8.80. The lowest BCUT2D eigenvalue weighted by atomic mass is 9.82. The van der Waals surface area contributed by atoms with E-state index in [4.69, 9.17) is 0 Å². The Morgan fingerprint density at radius 1 is 1.16 bits per heavy atom. The van der Waals surface area contributed by atoms with Crippen LogP contribution in [0.3, 0.4) is 0 Å². The molecule has 2 N–H and O–H groups in total. The number of rotatable bonds is 4. The van der Waals surface area contributed by atoms with Gasteiger partial charge >= 0.3 is 12.0 Å². The van der Waals surface area contributed by atoms with Crippen molar-refractivity contribution in [3.63, 3.8) is 0 Å². The van der Waals surface area contributed by atoms with Gasteiger partial charge in [0.05, 0.1) is 0 Å². The molecule has 5 nitrogen and oxygen atoms in total. The number of hydrogen-bond acceptors (Lipinski definition) is 2. The Hall–Kier alpha value is -1.26. The Bertz CT molecular complexity index is 336. The molecule has 110 valence electrons. The van der Waals surface area contributed by atoms with Crippen molar-refractivity contribution in [1.29, 1.82) is 0 Å². The number of aliphatic carboxylic acids is 1. The van der Waals surface area contributed by atoms with Crippen molar-refractivity contribution >= 4 is 12.0 Å². The molecule has 0 heterocycles. The molecule has 1 atom stereocenters. The molecule has 19 heavy (non-hydrogen) atoms. The van der Waals surface area contributed by atoms with Crippen LogP contribution in [0.15, 0.2) is 0 Å². The van der Waals surface area contributed by atoms with E-state index in [1.807, 2.05) is 20.8 Å². The Morgan fingerprint density at radius 3 is 2.11 bits per heavy atom. The number of amides is 2. The van der Waals surface area contributed by atoms with Crippen LogP contribution in [-0.4, -0.2) is 40.6 Å². The number of carboxylic acid groups (broad SMARTS) is 1. The molecule has 0 spiro atoms. The minimum Gasteiger partial charge on any atom is -0.480 e. The van der Waals surface area contributed by atoms with Gasteiger partial charge in [0.25, 0.3) is 0 Å². The second-order valence-corrected chi connectivity index (χ2v) is 5.97. The summed E-state index contributed by atoms with van der Waals surface area (Å²) in [5.74, 6) is -0.575. The number of nitrogens with one attached hydrogen (secondary N) is 1. The zero-order valence-corrected chi connectivity index (χ0v) is 12.4. The minimum atomic E-state index is -1.07. The van der Waals surface area contributed by atoms with Crippen molar-refractivity contribution in [2.45, 2.75) is 64.5 Å². The molecule has 1 unspecified atom stereocenters. The topological polar surface area (TPSA) is 69.6 Å². The zero-order valence-electron chi connectivity index (χ0n) is 12.4. The molecule has 2 amide bonds. The Kier molecular flexibility index (Phi) is 5.20. The Balaban J connectivity index is 2.74. The monoisotopic (exact) mass is 270 g/mol. The second-order valence-electron chi connectivity index (χ2n) is 5.97. The van der Waals surface area contributed by atoms with Crippen molar-refractivity contribution < 1.29 is 14.7 Å². The largest absolute Gasteiger partial charge is 0.480 e. The van der Waals surface area contributed by atoms with Crippen LogP contribution in [0.25, 0.3) is 0 Å². The third kappa shape index (κ3) is 3.61. The summed E-state index contributed by atoms with van der Waals surface area (Å²) in [5, 5.41) is 12.2. The van der Waals surface area contributed by atoms with Gasteiger partial charge < -0.3 is 15.3 Å². The summed E-state index contributed by atoms with van der Waals surface area (Å²) in [6.07, 6.45) is 3.81. The predicted molar refractivity (Wildman–Crippen MR) is 74.0 cm³/mol. The molecule has 0 aromatic heterocycles. The van der Waals surface area contributed by atoms with Gasteiger partial charge in [-0.15, -0.1) is 0 Å². The lowest BCUT2D eigenvalue weighted by Gasteiger charge is -2.37. The molecule has 0 aromatic rings. The standard InChI is InChI=1S/C14H26N2O3/c1-10(2)11(3)16(4)13(19)15-14(12(17)18)8-6-5-7-9-14/h10-11H,5-9H2,1-4H3,(H,15,19)(H,17,18). The molecule has 0 saturated heterocycles. The smallest absolute Gasteiger partial charge is 0.329 e. The van der Waals surface area contributed by atoms with Crippen LogP contribution in [0.2, 0.25) is 0 Å². The maximum Gasteiger partial charge on any atom is 0.329 e. The van der Waals surface area contributed by atoms with Crippen molar-refractivity contribution in [2.24, 2.45) is 5.92 Å². The highest BCUT2D eigenvalue weighted by molar-refractivity contribution is 5.86. The van der Waals surface area contributed by atoms with Crippen LogP contribution in [0.4, 0.5) is 4.79 Å². The molecule has 0 aliphatic heterocycles. The van der Waals surface area contributed by atoms with Gasteiger partial charge in [0, 0.05) is 13.1 Å². The highest BCUT2D eigenvalue weighted by atomic mass is 16.4. The van der Waals surface area contributed by atoms with Crippen LogP contribution in [0, 0.1) is 5.92 Å². The van der Waals surface area contributed by atoms with E-state index in [1.165, 1.54) is 0 Å². The summed E-state index contributed by atoms with van der Waals surface area (Å²) in [6.45, 7) is 6.06. The van der Waals surface area contributed by atoms with Crippen LogP contribution in [0.1, 0.15) is 52.9 Å². The SMILES string of the molecule is CC(C)C(C)N(C)C(=O)NC1(C(=O)O)CCCCC1. The summed E-state index contributed by atoms with van der Waals surface area (Å²) in [4.78, 5) is 25.3. The average Bonchev–Trinajstić information content (AvgIpc) is 2.37. The van der Waals surface area contributed by atoms with Gasteiger partial charge in [0.2, 0.25) is 0 Å². The van der Waals surface area contributed by atoms with Crippen molar-refractivity contribution in [1.82, 2.24) is 10.2 Å². The average molecular weight is 270 g/mol. The third-order valence-corrected chi connectivity index (χ3v) is 4.36. The number of carbonyl (C=O) groups excluding carboxylic acids is 1. The lowest BCUT2D eigenvalue weighted by molar-refractivity contribution is -0.146. The molecule has 1 rings (SSSR count). The quantitative estimate of drug-likeness (QED) is 0.824. The third-order valence-electron chi connectivity index (χ3n) is 4.36. The Labute approximate surface area is 115 Å². The molecular formula is C14H26N2O3. The molecule has 1 aliphatic carbocycles. The van der Waals surface area contributed by atoms with E-state index in [0.29, 0.717) is 18.8 Å². The first kappa shape index (κ1) is 15.8. The summed E-state index contributed by atoms with van der Waals surface area (Å²) in [7, 11) is 1.72. The highest BCUT2D eigenvalue weighted by Gasteiger charge is 2.41. The number of nitrogens with zero attached hydrogens (tertiary/aromatic N) is 1. The molecule has 0 aromatic carbocycles. The van der Waals surface area contributed by atoms with Crippen molar-refractivity contribution in [3.05, 3.63) is 0 Å². The van der Waals surface area contributed by atoms with Crippen LogP contribution >= 0.6 is 0 Å². The molecule has 1 saturated carbocycles. The molecule has 0 radical (unpaired) electrons. The van der Waals surface area contributed by atoms with E-state index in [2.05, 4.69) is 5.32 Å². The van der Waals surface area contributed by atoms with Gasteiger partial charge in [0.15, 0.2) is 0 Å². The van der Waals surface area contributed by atoms with E-state index in [9.17, 15) is 14.7 Å². The fraction of sp³-hybridized carbons (Fsp3) is 0.857. The number of carbonyl (C=O) groups is 2. The second kappa shape index (κ2) is 6.26. The zero-order chi connectivity index (χ0) is 14.6. The summed E-state index contributed by atoms with van der Waals surface area (Å²) in [6, 6.07) is -0.208. The Morgan fingerprint density at radius 2 is 1.68 bits per heavy atom. The lowest BCUT2D eigenvalue weighted by Crippen LogP contribution is -2.59. The number of hydrogen-bond donors (Lipinski definition) is 2. The molecular weight excluding hydrogens is 244 g/mol. The van der Waals surface area contributed by atoms with E-state index in [0.717, 1.165) is 19.3 Å². The summed E-state index contributed by atoms with van der Waals surface area (Å²) in [5.41, 5.74) is -1.07. The highest BCUT2D eigenvalue weighted by Crippen LogP contribution is 2.28. The molecule has 0 bridgehead atoms. The van der Waals surface area contributed by atoms with E-state index in [1.54, 1.807) is 11.9 Å². The summed E-state index contributed by atoms with van der Waals surface area (Å²) >= 11 is 0. The van der Waals surface area contributed by atoms with Crippen molar-refractivity contribution in [3.8, 4) is 0 Å². The van der Waals surface area contributed by atoms with E-state index in [-0.39, 0.29) is 12.1 Å². The van der Waals surface area contributed by atoms with Crippen molar-refractivity contribution in [2.75, 3.05) is 7.05 Å². The number of carboxylic acids is 1. The van der Waals surface area contributed by atoms with Gasteiger partial charge in [-0.05, 0) is 25.7 Å². The van der Waals surface area contributed by atoms with Crippen LogP contribution < -0.4 is 5.32 Å². The first-order valence-corrected chi connectivity index (χ1v) is 7.08. The predicted octanol–water partition coefficient (Wildman–Crippen LogP) is 2.46. The maximum atomic E-state index is 12.2. The van der Waals surface area contributed by atoms with Gasteiger partial charge in [-0.3, -0.25) is 0 Å². The molecule has 5 heteroatoms. The molecule has 1 aliphatic rings. The molecule has 1 fully saturated rings. The fourth-order valence-electron chi connectivity index (χ4n) is 2.47. The van der Waals surface area contributed by atoms with Crippen LogP contribution in [-0.2, 0) is 4.79 Å². The fourth-order valence-corrected chi connectivity index (χ4v) is 2.47. The maximum absolute atomic E-state index is 12.2. The van der Waals surface area contributed by atoms with Gasteiger partial charge in [-0.25, -0.2) is 9.59 Å². The summed E-state index contributed by atoms with van der Waals surface area (Å²) < 4.78 is 0. The first-order valence-electron chi connectivity index (χ1n) is 7.08. The normalized spacial score (nSPS) is 19.8. The van der Waals surface area contributed by atoms with E-state index < -0.39 is 11.5 Å². The van der Waals surface area contributed by atoms with Gasteiger partial charge in [0.1, 0.15) is 5.54 Å².